The second-order valence-electron chi connectivity index (χ2n) is 6.37. The van der Waals surface area contributed by atoms with Crippen molar-refractivity contribution in [3.8, 4) is 11.8 Å². The van der Waals surface area contributed by atoms with Gasteiger partial charge in [-0.2, -0.15) is 0 Å². The van der Waals surface area contributed by atoms with Crippen LogP contribution in [0.3, 0.4) is 0 Å². The summed E-state index contributed by atoms with van der Waals surface area (Å²) in [6.45, 7) is 13.1. The van der Waals surface area contributed by atoms with E-state index < -0.39 is 0 Å². The van der Waals surface area contributed by atoms with Gasteiger partial charge in [0.15, 0.2) is 0 Å². The van der Waals surface area contributed by atoms with Crippen LogP contribution in [0.1, 0.15) is 65.3 Å². The summed E-state index contributed by atoms with van der Waals surface area (Å²) in [5.74, 6) is 6.96. The van der Waals surface area contributed by atoms with Crippen molar-refractivity contribution in [1.82, 2.24) is 0 Å². The van der Waals surface area contributed by atoms with Crippen molar-refractivity contribution >= 4 is 0 Å². The predicted octanol–water partition coefficient (Wildman–Crippen LogP) is 5.70. The molecule has 0 N–H and O–H groups in total. The van der Waals surface area contributed by atoms with Crippen LogP contribution >= 0.6 is 0 Å². The van der Waals surface area contributed by atoms with E-state index >= 15 is 0 Å². The molecule has 0 saturated heterocycles. The minimum atomic E-state index is 1.04. The Hall–Kier alpha value is -2.00. The van der Waals surface area contributed by atoms with Crippen molar-refractivity contribution < 1.29 is 0 Å². The summed E-state index contributed by atoms with van der Waals surface area (Å²) >= 11 is 0. The zero-order valence-corrected chi connectivity index (χ0v) is 15.4. The molecule has 0 amide bonds. The molecule has 0 heterocycles. The van der Waals surface area contributed by atoms with Gasteiger partial charge in [-0.3, -0.25) is 0 Å². The van der Waals surface area contributed by atoms with Gasteiger partial charge >= 0.3 is 0 Å². The van der Waals surface area contributed by atoms with Crippen molar-refractivity contribution in [2.45, 2.75) is 60.8 Å². The molecule has 0 aliphatic rings. The summed E-state index contributed by atoms with van der Waals surface area (Å²) in [4.78, 5) is 0. The third kappa shape index (κ3) is 3.85. The highest BCUT2D eigenvalue weighted by Gasteiger charge is 2.07. The SMILES string of the molecule is CCc1cc(CC)c(C#Cc2c(C)cc(C)cc2C)c(CC)c1. The maximum Gasteiger partial charge on any atom is 0.0313 e. The molecule has 0 spiro atoms. The Morgan fingerprint density at radius 2 is 1.13 bits per heavy atom. The number of benzene rings is 2. The lowest BCUT2D eigenvalue weighted by molar-refractivity contribution is 1.03. The van der Waals surface area contributed by atoms with Crippen LogP contribution in [0.2, 0.25) is 0 Å². The van der Waals surface area contributed by atoms with Crippen molar-refractivity contribution in [2.24, 2.45) is 0 Å². The summed E-state index contributed by atoms with van der Waals surface area (Å²) in [6, 6.07) is 9.10. The Kier molecular flexibility index (Phi) is 5.67. The fourth-order valence-corrected chi connectivity index (χ4v) is 3.26. The Bertz CT molecular complexity index is 718. The van der Waals surface area contributed by atoms with E-state index in [1.165, 1.54) is 44.5 Å². The van der Waals surface area contributed by atoms with Gasteiger partial charge in [-0.05, 0) is 67.9 Å². The van der Waals surface area contributed by atoms with Gasteiger partial charge in [0.2, 0.25) is 0 Å². The molecule has 2 aromatic carbocycles. The normalized spacial score (nSPS) is 10.3. The zero-order chi connectivity index (χ0) is 17.0. The van der Waals surface area contributed by atoms with Gasteiger partial charge in [-0.15, -0.1) is 0 Å². The van der Waals surface area contributed by atoms with Crippen LogP contribution in [0.5, 0.6) is 0 Å². The van der Waals surface area contributed by atoms with Gasteiger partial charge < -0.3 is 0 Å². The molecule has 120 valence electrons. The molecule has 2 rings (SSSR count). The number of hydrogen-bond acceptors (Lipinski definition) is 0. The number of rotatable bonds is 3. The quantitative estimate of drug-likeness (QED) is 0.638. The molecule has 0 atom stereocenters. The molecule has 0 fully saturated rings. The van der Waals surface area contributed by atoms with E-state index in [9.17, 15) is 0 Å². The van der Waals surface area contributed by atoms with Crippen LogP contribution in [0.15, 0.2) is 24.3 Å². The van der Waals surface area contributed by atoms with E-state index in [0.29, 0.717) is 0 Å². The van der Waals surface area contributed by atoms with E-state index in [1.54, 1.807) is 0 Å². The van der Waals surface area contributed by atoms with Gasteiger partial charge in [-0.1, -0.05) is 62.4 Å². The van der Waals surface area contributed by atoms with Crippen LogP contribution in [0, 0.1) is 32.6 Å². The summed E-state index contributed by atoms with van der Waals surface area (Å²) in [6.07, 6.45) is 3.16. The third-order valence-electron chi connectivity index (χ3n) is 4.52. The minimum Gasteiger partial charge on any atom is -0.0613 e. The van der Waals surface area contributed by atoms with Crippen molar-refractivity contribution in [3.63, 3.8) is 0 Å². The molecule has 0 aliphatic heterocycles. The second-order valence-corrected chi connectivity index (χ2v) is 6.37. The molecule has 23 heavy (non-hydrogen) atoms. The molecular weight excluding hydrogens is 276 g/mol. The lowest BCUT2D eigenvalue weighted by Crippen LogP contribution is -1.98. The summed E-state index contributed by atoms with van der Waals surface area (Å²) < 4.78 is 0. The third-order valence-corrected chi connectivity index (χ3v) is 4.52. The highest BCUT2D eigenvalue weighted by atomic mass is 14.1. The van der Waals surface area contributed by atoms with Crippen LogP contribution < -0.4 is 0 Å². The fraction of sp³-hybridized carbons (Fsp3) is 0.391. The topological polar surface area (TPSA) is 0 Å². The van der Waals surface area contributed by atoms with E-state index in [2.05, 4.69) is 77.6 Å². The Balaban J connectivity index is 2.58. The first-order valence-electron chi connectivity index (χ1n) is 8.74. The second kappa shape index (κ2) is 7.51. The molecular formula is C23H28. The first kappa shape index (κ1) is 17.4. The molecule has 0 aliphatic carbocycles. The lowest BCUT2D eigenvalue weighted by Gasteiger charge is -2.11. The average molecular weight is 304 g/mol. The largest absolute Gasteiger partial charge is 0.0613 e. The molecule has 0 aromatic heterocycles. The van der Waals surface area contributed by atoms with E-state index in [0.717, 1.165) is 19.3 Å². The molecule has 0 bridgehead atoms. The Morgan fingerprint density at radius 3 is 1.57 bits per heavy atom. The minimum absolute atomic E-state index is 1.04. The number of hydrogen-bond donors (Lipinski definition) is 0. The summed E-state index contributed by atoms with van der Waals surface area (Å²) in [7, 11) is 0. The molecule has 0 unspecified atom stereocenters. The van der Waals surface area contributed by atoms with Gasteiger partial charge in [0.05, 0.1) is 0 Å². The standard InChI is InChI=1S/C23H28/c1-7-19-14-20(8-2)23(21(9-3)15-19)11-10-22-17(5)12-16(4)13-18(22)6/h12-15H,7-9H2,1-6H3. The van der Waals surface area contributed by atoms with E-state index in [1.807, 2.05) is 0 Å². The zero-order valence-electron chi connectivity index (χ0n) is 15.4. The maximum atomic E-state index is 3.50. The van der Waals surface area contributed by atoms with Gasteiger partial charge in [0.25, 0.3) is 0 Å². The van der Waals surface area contributed by atoms with E-state index in [4.69, 9.17) is 0 Å². The van der Waals surface area contributed by atoms with E-state index in [-0.39, 0.29) is 0 Å². The van der Waals surface area contributed by atoms with Crippen LogP contribution in [0.4, 0.5) is 0 Å². The molecule has 2 aromatic rings. The van der Waals surface area contributed by atoms with Crippen molar-refractivity contribution in [1.29, 1.82) is 0 Å². The smallest absolute Gasteiger partial charge is 0.0313 e. The average Bonchev–Trinajstić information content (AvgIpc) is 2.53. The molecule has 0 heteroatoms. The van der Waals surface area contributed by atoms with Crippen molar-refractivity contribution in [3.05, 3.63) is 68.8 Å². The number of aryl methyl sites for hydroxylation is 6. The fourth-order valence-electron chi connectivity index (χ4n) is 3.26. The summed E-state index contributed by atoms with van der Waals surface area (Å²) in [5, 5.41) is 0. The Labute approximate surface area is 142 Å². The van der Waals surface area contributed by atoms with Gasteiger partial charge in [0.1, 0.15) is 0 Å². The van der Waals surface area contributed by atoms with Gasteiger partial charge in [-0.25, -0.2) is 0 Å². The summed E-state index contributed by atoms with van der Waals surface area (Å²) in [5.41, 5.74) is 10.5. The molecule has 0 saturated carbocycles. The predicted molar refractivity (Wildman–Crippen MR) is 101 cm³/mol. The monoisotopic (exact) mass is 304 g/mol. The lowest BCUT2D eigenvalue weighted by atomic mass is 9.93. The first-order chi connectivity index (χ1) is 11.0. The van der Waals surface area contributed by atoms with Crippen LogP contribution in [-0.2, 0) is 19.3 Å². The van der Waals surface area contributed by atoms with Crippen LogP contribution in [0.25, 0.3) is 0 Å². The van der Waals surface area contributed by atoms with Gasteiger partial charge in [0, 0.05) is 11.1 Å². The maximum absolute atomic E-state index is 3.50. The molecule has 0 nitrogen and oxygen atoms in total. The molecule has 0 radical (unpaired) electrons. The van der Waals surface area contributed by atoms with Crippen molar-refractivity contribution in [2.75, 3.05) is 0 Å². The van der Waals surface area contributed by atoms with Crippen LogP contribution in [-0.4, -0.2) is 0 Å². The highest BCUT2D eigenvalue weighted by molar-refractivity contribution is 5.55. The highest BCUT2D eigenvalue weighted by Crippen LogP contribution is 2.20. The Morgan fingerprint density at radius 1 is 0.652 bits per heavy atom. The first-order valence-corrected chi connectivity index (χ1v) is 8.74.